The number of benzene rings is 3. The van der Waals surface area contributed by atoms with Crippen LogP contribution in [0.5, 0.6) is 0 Å². The second kappa shape index (κ2) is 14.7. The summed E-state index contributed by atoms with van der Waals surface area (Å²) >= 11 is 16.1. The molecule has 1 N–H and O–H groups in total. The summed E-state index contributed by atoms with van der Waals surface area (Å²) in [7, 11) is -3.86. The van der Waals surface area contributed by atoms with E-state index in [1.165, 1.54) is 4.90 Å². The van der Waals surface area contributed by atoms with E-state index in [9.17, 15) is 18.0 Å². The molecule has 7 nitrogen and oxygen atoms in total. The molecular formula is C31H34BrCl2N3O4S. The van der Waals surface area contributed by atoms with Gasteiger partial charge in [0.15, 0.2) is 0 Å². The van der Waals surface area contributed by atoms with Crippen molar-refractivity contribution in [2.75, 3.05) is 17.1 Å². The van der Waals surface area contributed by atoms with E-state index in [0.717, 1.165) is 48.2 Å². The number of amides is 2. The molecule has 0 unspecified atom stereocenters. The van der Waals surface area contributed by atoms with Crippen molar-refractivity contribution in [3.05, 3.63) is 98.4 Å². The molecule has 0 saturated heterocycles. The number of sulfonamides is 1. The lowest BCUT2D eigenvalue weighted by atomic mass is 9.94. The predicted molar refractivity (Wildman–Crippen MR) is 172 cm³/mol. The molecule has 0 spiro atoms. The summed E-state index contributed by atoms with van der Waals surface area (Å²) in [5.74, 6) is -0.816. The highest BCUT2D eigenvalue weighted by Gasteiger charge is 2.34. The van der Waals surface area contributed by atoms with Crippen LogP contribution in [-0.2, 0) is 32.6 Å². The van der Waals surface area contributed by atoms with Crippen LogP contribution < -0.4 is 9.62 Å². The molecule has 11 heteroatoms. The summed E-state index contributed by atoms with van der Waals surface area (Å²) in [6.45, 7) is -0.511. The Kier molecular flexibility index (Phi) is 11.3. The molecule has 0 radical (unpaired) electrons. The van der Waals surface area contributed by atoms with Crippen LogP contribution in [0.15, 0.2) is 77.3 Å². The van der Waals surface area contributed by atoms with Crippen LogP contribution in [0.25, 0.3) is 0 Å². The lowest BCUT2D eigenvalue weighted by molar-refractivity contribution is -0.140. The van der Waals surface area contributed by atoms with Gasteiger partial charge in [-0.05, 0) is 54.3 Å². The normalized spacial score (nSPS) is 14.7. The number of hydrogen-bond acceptors (Lipinski definition) is 4. The zero-order valence-corrected chi connectivity index (χ0v) is 27.2. The van der Waals surface area contributed by atoms with E-state index >= 15 is 0 Å². The Hall–Kier alpha value is -2.59. The van der Waals surface area contributed by atoms with Gasteiger partial charge < -0.3 is 10.2 Å². The Morgan fingerprint density at radius 3 is 2.33 bits per heavy atom. The molecule has 224 valence electrons. The van der Waals surface area contributed by atoms with Crippen molar-refractivity contribution in [2.24, 2.45) is 0 Å². The van der Waals surface area contributed by atoms with Gasteiger partial charge in [-0.3, -0.25) is 13.9 Å². The van der Waals surface area contributed by atoms with Crippen LogP contribution in [0.1, 0.15) is 43.2 Å². The molecule has 0 aliphatic heterocycles. The Labute approximate surface area is 266 Å². The molecular weight excluding hydrogens is 661 g/mol. The molecule has 1 fully saturated rings. The third-order valence-corrected chi connectivity index (χ3v) is 9.57. The molecule has 3 aromatic carbocycles. The predicted octanol–water partition coefficient (Wildman–Crippen LogP) is 6.61. The second-order valence-electron chi connectivity index (χ2n) is 10.6. The van der Waals surface area contributed by atoms with E-state index in [1.54, 1.807) is 42.5 Å². The minimum atomic E-state index is -3.86. The smallest absolute Gasteiger partial charge is 0.244 e. The largest absolute Gasteiger partial charge is 0.352 e. The van der Waals surface area contributed by atoms with Gasteiger partial charge in [0.1, 0.15) is 12.6 Å². The minimum Gasteiger partial charge on any atom is -0.352 e. The molecule has 4 rings (SSSR count). The van der Waals surface area contributed by atoms with Crippen molar-refractivity contribution < 1.29 is 18.0 Å². The van der Waals surface area contributed by atoms with E-state index in [-0.39, 0.29) is 24.9 Å². The molecule has 0 heterocycles. The van der Waals surface area contributed by atoms with Crippen LogP contribution in [-0.4, -0.2) is 50.0 Å². The van der Waals surface area contributed by atoms with E-state index in [4.69, 9.17) is 23.2 Å². The Balaban J connectivity index is 1.74. The van der Waals surface area contributed by atoms with Gasteiger partial charge in [0.2, 0.25) is 21.8 Å². The summed E-state index contributed by atoms with van der Waals surface area (Å²) in [5, 5.41) is 3.97. The SMILES string of the molecule is CS(=O)(=O)N(CC(=O)N(Cc1ccc(Cl)cc1Cl)[C@H](Cc1ccccc1)C(=O)NC1CCCCC1)c1cccc(Br)c1. The average molecular weight is 696 g/mol. The number of nitrogens with zero attached hydrogens (tertiary/aromatic N) is 2. The summed E-state index contributed by atoms with van der Waals surface area (Å²) in [5.41, 5.74) is 1.79. The fraction of sp³-hybridized carbons (Fsp3) is 0.355. The number of rotatable bonds is 11. The maximum absolute atomic E-state index is 14.2. The Morgan fingerprint density at radius 1 is 0.976 bits per heavy atom. The third kappa shape index (κ3) is 8.96. The topological polar surface area (TPSA) is 86.8 Å². The van der Waals surface area contributed by atoms with E-state index in [2.05, 4.69) is 21.2 Å². The first-order valence-electron chi connectivity index (χ1n) is 13.8. The average Bonchev–Trinajstić information content (AvgIpc) is 2.95. The zero-order valence-electron chi connectivity index (χ0n) is 23.3. The van der Waals surface area contributed by atoms with Gasteiger partial charge in [0.25, 0.3) is 0 Å². The van der Waals surface area contributed by atoms with Crippen LogP contribution >= 0.6 is 39.1 Å². The Bertz CT molecular complexity index is 1500. The zero-order chi connectivity index (χ0) is 30.3. The van der Waals surface area contributed by atoms with Crippen molar-refractivity contribution in [1.29, 1.82) is 0 Å². The quantitative estimate of drug-likeness (QED) is 0.245. The molecule has 1 atom stereocenters. The lowest BCUT2D eigenvalue weighted by Gasteiger charge is -2.35. The molecule has 2 amide bonds. The first-order valence-corrected chi connectivity index (χ1v) is 17.2. The molecule has 0 aromatic heterocycles. The minimum absolute atomic E-state index is 0.0134. The fourth-order valence-electron chi connectivity index (χ4n) is 5.18. The number of anilines is 1. The van der Waals surface area contributed by atoms with Gasteiger partial charge in [-0.15, -0.1) is 0 Å². The monoisotopic (exact) mass is 693 g/mol. The number of carbonyl (C=O) groups is 2. The standard InChI is InChI=1S/C31H34BrCl2N3O4S/c1-42(40,41)37(27-14-8-11-24(32)18-27)21-30(38)36(20-23-15-16-25(33)19-28(23)34)29(17-22-9-4-2-5-10-22)31(39)35-26-12-6-3-7-13-26/h2,4-5,8-11,14-16,18-19,26,29H,3,6-7,12-13,17,20-21H2,1H3,(H,35,39)/t29-/m1/s1. The summed E-state index contributed by atoms with van der Waals surface area (Å²) in [6, 6.07) is 20.3. The second-order valence-corrected chi connectivity index (χ2v) is 14.2. The molecule has 0 bridgehead atoms. The first kappa shape index (κ1) is 32.3. The molecule has 42 heavy (non-hydrogen) atoms. The van der Waals surface area contributed by atoms with Gasteiger partial charge >= 0.3 is 0 Å². The van der Waals surface area contributed by atoms with Gasteiger partial charge in [-0.1, -0.05) is 101 Å². The number of carbonyl (C=O) groups excluding carboxylic acids is 2. The molecule has 1 aliphatic carbocycles. The Morgan fingerprint density at radius 2 is 1.69 bits per heavy atom. The number of hydrogen-bond donors (Lipinski definition) is 1. The van der Waals surface area contributed by atoms with Crippen molar-refractivity contribution >= 4 is 66.7 Å². The summed E-state index contributed by atoms with van der Waals surface area (Å²) < 4.78 is 27.6. The summed E-state index contributed by atoms with van der Waals surface area (Å²) in [4.78, 5) is 29.7. The van der Waals surface area contributed by atoms with Crippen LogP contribution in [0, 0.1) is 0 Å². The van der Waals surface area contributed by atoms with Gasteiger partial charge in [-0.2, -0.15) is 0 Å². The fourth-order valence-corrected chi connectivity index (χ4v) is 6.87. The van der Waals surface area contributed by atoms with Gasteiger partial charge in [0.05, 0.1) is 11.9 Å². The maximum Gasteiger partial charge on any atom is 0.244 e. The van der Waals surface area contributed by atoms with Crippen LogP contribution in [0.4, 0.5) is 5.69 Å². The van der Waals surface area contributed by atoms with E-state index in [1.807, 2.05) is 30.3 Å². The van der Waals surface area contributed by atoms with Crippen molar-refractivity contribution in [3.8, 4) is 0 Å². The molecule has 1 aliphatic rings. The first-order chi connectivity index (χ1) is 20.0. The highest BCUT2D eigenvalue weighted by atomic mass is 79.9. The van der Waals surface area contributed by atoms with Crippen molar-refractivity contribution in [3.63, 3.8) is 0 Å². The van der Waals surface area contributed by atoms with Gasteiger partial charge in [0, 0.05) is 33.5 Å². The van der Waals surface area contributed by atoms with E-state index < -0.39 is 28.5 Å². The van der Waals surface area contributed by atoms with Crippen molar-refractivity contribution in [1.82, 2.24) is 10.2 Å². The highest BCUT2D eigenvalue weighted by Crippen LogP contribution is 2.27. The highest BCUT2D eigenvalue weighted by molar-refractivity contribution is 9.10. The number of halogens is 3. The molecule has 3 aromatic rings. The number of nitrogens with one attached hydrogen (secondary N) is 1. The van der Waals surface area contributed by atoms with Crippen molar-refractivity contribution in [2.45, 2.75) is 57.2 Å². The van der Waals surface area contributed by atoms with E-state index in [0.29, 0.717) is 25.8 Å². The lowest BCUT2D eigenvalue weighted by Crippen LogP contribution is -2.55. The van der Waals surface area contributed by atoms with Crippen LogP contribution in [0.3, 0.4) is 0 Å². The molecule has 1 saturated carbocycles. The van der Waals surface area contributed by atoms with Gasteiger partial charge in [-0.25, -0.2) is 8.42 Å². The third-order valence-electron chi connectivity index (χ3n) is 7.35. The van der Waals surface area contributed by atoms with Crippen LogP contribution in [0.2, 0.25) is 10.0 Å². The maximum atomic E-state index is 14.2. The summed E-state index contributed by atoms with van der Waals surface area (Å²) in [6.07, 6.45) is 6.26.